The lowest BCUT2D eigenvalue weighted by Gasteiger charge is -2.55. The van der Waals surface area contributed by atoms with Crippen LogP contribution in [0, 0.1) is 111 Å². The Morgan fingerprint density at radius 1 is 0.746 bits per heavy atom. The van der Waals surface area contributed by atoms with E-state index in [1.54, 1.807) is 12.7 Å². The number of hydrogen-bond acceptors (Lipinski definition) is 2. The topological polar surface area (TPSA) is 26.3 Å². The van der Waals surface area contributed by atoms with Crippen molar-refractivity contribution >= 4 is 5.97 Å². The zero-order chi connectivity index (χ0) is 39.6. The fourth-order valence-corrected chi connectivity index (χ4v) is 26.1. The first-order valence-electron chi connectivity index (χ1n) is 26.4. The van der Waals surface area contributed by atoms with Gasteiger partial charge in [0.1, 0.15) is 0 Å². The van der Waals surface area contributed by atoms with Crippen molar-refractivity contribution in [2.75, 3.05) is 7.11 Å². The van der Waals surface area contributed by atoms with Gasteiger partial charge in [-0.2, -0.15) is 0 Å². The smallest absolute Gasteiger partial charge is 0.305 e. The number of allylic oxidation sites excluding steroid dienone is 22. The third-order valence-corrected chi connectivity index (χ3v) is 25.7. The Labute approximate surface area is 368 Å². The fraction of sp³-hybridized carbons (Fsp3) is 0.525. The summed E-state index contributed by atoms with van der Waals surface area (Å²) in [5.74, 6) is 11.7. The lowest BCUT2D eigenvalue weighted by molar-refractivity contribution is -0.140. The Hall–Kier alpha value is -4.17. The number of methoxy groups -OCH3 is 1. The summed E-state index contributed by atoms with van der Waals surface area (Å²) in [6.07, 6.45) is 22.5. The van der Waals surface area contributed by atoms with Crippen LogP contribution in [0.15, 0.2) is 154 Å². The minimum absolute atomic E-state index is 0.0129. The second kappa shape index (κ2) is 8.55. The van der Waals surface area contributed by atoms with Gasteiger partial charge in [-0.15, -0.1) is 0 Å². The van der Waals surface area contributed by atoms with Crippen LogP contribution in [0.2, 0.25) is 0 Å². The number of fused-ring (bicyclic) bond motifs is 3. The lowest BCUT2D eigenvalue weighted by atomic mass is 9.48. The van der Waals surface area contributed by atoms with Gasteiger partial charge in [0.25, 0.3) is 0 Å². The van der Waals surface area contributed by atoms with E-state index in [-0.39, 0.29) is 22.2 Å². The van der Waals surface area contributed by atoms with Gasteiger partial charge in [-0.3, -0.25) is 4.79 Å². The highest BCUT2D eigenvalue weighted by atomic mass is 16.5. The predicted octanol–water partition coefficient (Wildman–Crippen LogP) is 11.3. The standard InChI is InChI=1S/C61H50O2/c1-63-33(62)8-5-15-59(26-6-3-2-4-7-26)60-55-30-13-11-28-27-10-9-21-16-22-17-24-18-23-19-25-20-32-29-12-14-31(30)56(60)42(29)52-40(32)46-37(25)36(23)44-38(24)43-35(22)34(21)45-39(27)51(41(28)55)57-53-49(45)47(43)48(44)50(46)54(53)58(52)61(57,59)60/h2-4,6-7,9-10,18,21-22,24-25,28-31,36-38,44,46,49,51,53,57H,5,8,11-17,19-20H2,1H3. The Balaban J connectivity index is 0.990. The molecule has 0 heterocycles. The predicted molar refractivity (Wildman–Crippen MR) is 236 cm³/mol. The number of benzene rings is 1. The third-order valence-electron chi connectivity index (χ3n) is 25.7. The molecular formula is C61H50O2. The van der Waals surface area contributed by atoms with Crippen LogP contribution in [0.1, 0.15) is 76.2 Å². The van der Waals surface area contributed by atoms with E-state index in [0.717, 1.165) is 54.3 Å². The van der Waals surface area contributed by atoms with E-state index in [1.807, 2.05) is 106 Å². The van der Waals surface area contributed by atoms with Crippen molar-refractivity contribution in [2.45, 2.75) is 76.0 Å². The van der Waals surface area contributed by atoms with Gasteiger partial charge in [-0.25, -0.2) is 0 Å². The molecule has 0 radical (unpaired) electrons. The second-order valence-corrected chi connectivity index (χ2v) is 25.6. The maximum absolute atomic E-state index is 13.3. The van der Waals surface area contributed by atoms with Gasteiger partial charge in [0.05, 0.1) is 7.11 Å². The van der Waals surface area contributed by atoms with E-state index in [0.29, 0.717) is 65.6 Å². The molecule has 306 valence electrons. The molecule has 0 aliphatic heterocycles. The second-order valence-electron chi connectivity index (χ2n) is 25.6. The van der Waals surface area contributed by atoms with Gasteiger partial charge in [0.15, 0.2) is 0 Å². The molecule has 21 aliphatic rings. The Bertz CT molecular complexity index is 3280. The van der Waals surface area contributed by atoms with Crippen molar-refractivity contribution < 1.29 is 9.53 Å². The van der Waals surface area contributed by atoms with E-state index >= 15 is 0 Å². The monoisotopic (exact) mass is 814 g/mol. The average molecular weight is 815 g/mol. The van der Waals surface area contributed by atoms with Crippen LogP contribution in [0.25, 0.3) is 0 Å². The summed E-state index contributed by atoms with van der Waals surface area (Å²) in [5, 5.41) is 0. The maximum Gasteiger partial charge on any atom is 0.305 e. The molecule has 2 spiro atoms. The quantitative estimate of drug-likeness (QED) is 0.219. The molecule has 20 unspecified atom stereocenters. The van der Waals surface area contributed by atoms with Gasteiger partial charge in [0, 0.05) is 64.1 Å². The highest BCUT2D eigenvalue weighted by Crippen LogP contribution is 3.05. The zero-order valence-corrected chi connectivity index (χ0v) is 36.0. The molecule has 2 heteroatoms. The molecule has 0 aromatic heterocycles. The first kappa shape index (κ1) is 30.9. The molecule has 20 atom stereocenters. The Morgan fingerprint density at radius 3 is 2.49 bits per heavy atom. The van der Waals surface area contributed by atoms with E-state index in [1.165, 1.54) is 51.4 Å². The molecular weight excluding hydrogens is 765 g/mol. The number of rotatable bonds is 5. The van der Waals surface area contributed by atoms with Crippen molar-refractivity contribution in [1.82, 2.24) is 0 Å². The summed E-state index contributed by atoms with van der Waals surface area (Å²) < 4.78 is 5.48. The summed E-state index contributed by atoms with van der Waals surface area (Å²) in [4.78, 5) is 13.3. The summed E-state index contributed by atoms with van der Waals surface area (Å²) >= 11 is 0. The van der Waals surface area contributed by atoms with Crippen molar-refractivity contribution in [1.29, 1.82) is 0 Å². The zero-order valence-electron chi connectivity index (χ0n) is 36.0. The third kappa shape index (κ3) is 2.32. The molecule has 1 aromatic rings. The van der Waals surface area contributed by atoms with Gasteiger partial charge >= 0.3 is 5.97 Å². The molecule has 7 saturated carbocycles. The van der Waals surface area contributed by atoms with Crippen LogP contribution in [0.5, 0.6) is 0 Å². The largest absolute Gasteiger partial charge is 0.469 e. The van der Waals surface area contributed by atoms with Gasteiger partial charge in [-0.05, 0) is 213 Å². The highest BCUT2D eigenvalue weighted by Gasteiger charge is 3.01. The fourth-order valence-electron chi connectivity index (χ4n) is 26.1. The molecule has 63 heavy (non-hydrogen) atoms. The Morgan fingerprint density at radius 2 is 1.59 bits per heavy atom. The van der Waals surface area contributed by atoms with Crippen molar-refractivity contribution in [2.24, 2.45) is 111 Å². The normalized spacial score (nSPS) is 54.9. The molecule has 0 N–H and O–H groups in total. The average Bonchev–Trinajstić information content (AvgIpc) is 4.04. The van der Waals surface area contributed by atoms with Crippen LogP contribution < -0.4 is 0 Å². The van der Waals surface area contributed by atoms with Crippen LogP contribution in [-0.2, 0) is 14.9 Å². The molecule has 22 rings (SSSR count). The van der Waals surface area contributed by atoms with Crippen LogP contribution in [0.4, 0.5) is 0 Å². The molecule has 1 aromatic carbocycles. The number of ether oxygens (including phenoxy) is 1. The first-order valence-corrected chi connectivity index (χ1v) is 26.4. The minimum atomic E-state index is -0.0195. The van der Waals surface area contributed by atoms with E-state index in [9.17, 15) is 4.79 Å². The summed E-state index contributed by atoms with van der Waals surface area (Å²) in [5.41, 5.74) is 39.4. The van der Waals surface area contributed by atoms with Gasteiger partial charge < -0.3 is 4.74 Å². The first-order chi connectivity index (χ1) is 31.2. The Kier molecular flexibility index (Phi) is 4.19. The van der Waals surface area contributed by atoms with Crippen molar-refractivity contribution in [3.05, 3.63) is 160 Å². The van der Waals surface area contributed by atoms with Crippen molar-refractivity contribution in [3.8, 4) is 0 Å². The van der Waals surface area contributed by atoms with Crippen LogP contribution >= 0.6 is 0 Å². The molecule has 0 bridgehead atoms. The lowest BCUT2D eigenvalue weighted by Crippen LogP contribution is -2.48. The molecule has 7 fully saturated rings. The SMILES string of the molecule is COC(=O)CCCC1(c2ccccc2)C23C4=C5C6=C7C8=C9C%10=C%11C%12=C%13C%14=C%15C%16=C%17C=CC%14CC%13CC%13C=C%14CC%18CC(=C6C9C%18C%14C%10C%12%13)C5CCC4C4CCC%17C(=C42)C%16C(C8C%15%11)C731. The summed E-state index contributed by atoms with van der Waals surface area (Å²) in [7, 11) is 1.62. The maximum atomic E-state index is 13.3. The minimum Gasteiger partial charge on any atom is -0.469 e. The molecule has 21 aliphatic carbocycles. The van der Waals surface area contributed by atoms with Gasteiger partial charge in [-0.1, -0.05) is 70.9 Å². The summed E-state index contributed by atoms with van der Waals surface area (Å²) in [6, 6.07) is 12.4. The number of esters is 1. The molecule has 0 amide bonds. The molecule has 2 nitrogen and oxygen atoms in total. The number of carbonyl (C=O) groups is 1. The number of carbonyl (C=O) groups excluding carboxylic acids is 1. The van der Waals surface area contributed by atoms with E-state index in [4.69, 9.17) is 4.74 Å². The molecule has 0 saturated heterocycles. The summed E-state index contributed by atoms with van der Waals surface area (Å²) in [6.45, 7) is 0. The van der Waals surface area contributed by atoms with Crippen LogP contribution in [-0.4, -0.2) is 13.1 Å². The highest BCUT2D eigenvalue weighted by molar-refractivity contribution is 5.94. The van der Waals surface area contributed by atoms with Crippen LogP contribution in [0.3, 0.4) is 0 Å². The van der Waals surface area contributed by atoms with E-state index < -0.39 is 0 Å². The van der Waals surface area contributed by atoms with Gasteiger partial charge in [0.2, 0.25) is 0 Å². The van der Waals surface area contributed by atoms with E-state index in [2.05, 4.69) is 48.6 Å². The number of hydrogen-bond donors (Lipinski definition) is 0. The van der Waals surface area contributed by atoms with Crippen molar-refractivity contribution in [3.63, 3.8) is 0 Å².